The Morgan fingerprint density at radius 3 is 2.75 bits per heavy atom. The fourth-order valence-electron chi connectivity index (χ4n) is 1.13. The lowest BCUT2D eigenvalue weighted by atomic mass is 10.3. The number of aryl methyl sites for hydroxylation is 2. The van der Waals surface area contributed by atoms with E-state index in [0.717, 1.165) is 11.4 Å². The van der Waals surface area contributed by atoms with Gasteiger partial charge in [0.15, 0.2) is 0 Å². The number of nitrogens with one attached hydrogen (secondary N) is 1. The van der Waals surface area contributed by atoms with Crippen LogP contribution in [0, 0.1) is 13.8 Å². The molecule has 0 aliphatic carbocycles. The zero-order valence-electron chi connectivity index (χ0n) is 9.52. The third-order valence-corrected chi connectivity index (χ3v) is 2.15. The van der Waals surface area contributed by atoms with Crippen LogP contribution in [0.3, 0.4) is 0 Å². The van der Waals surface area contributed by atoms with Gasteiger partial charge in [0.05, 0.1) is 24.2 Å². The minimum atomic E-state index is -0.984. The van der Waals surface area contributed by atoms with Gasteiger partial charge in [0.1, 0.15) is 11.9 Å². The van der Waals surface area contributed by atoms with Gasteiger partial charge >= 0.3 is 5.97 Å². The topological polar surface area (TPSA) is 84.3 Å². The van der Waals surface area contributed by atoms with E-state index in [-0.39, 0.29) is 6.61 Å². The van der Waals surface area contributed by atoms with Crippen molar-refractivity contribution < 1.29 is 14.6 Å². The third-order valence-electron chi connectivity index (χ3n) is 2.15. The Bertz CT molecular complexity index is 382. The number of hydrogen-bond donors (Lipinski definition) is 2. The van der Waals surface area contributed by atoms with Crippen LogP contribution in [0.2, 0.25) is 0 Å². The molecule has 1 aromatic heterocycles. The van der Waals surface area contributed by atoms with E-state index < -0.39 is 12.0 Å². The van der Waals surface area contributed by atoms with Crippen LogP contribution in [-0.2, 0) is 9.53 Å². The summed E-state index contributed by atoms with van der Waals surface area (Å²) in [4.78, 5) is 19.1. The van der Waals surface area contributed by atoms with Crippen LogP contribution in [-0.4, -0.2) is 40.8 Å². The summed E-state index contributed by atoms with van der Waals surface area (Å²) in [6.45, 7) is 3.74. The fourth-order valence-corrected chi connectivity index (χ4v) is 1.13. The Morgan fingerprint density at radius 1 is 1.56 bits per heavy atom. The lowest BCUT2D eigenvalue weighted by Crippen LogP contribution is -2.34. The van der Waals surface area contributed by atoms with Gasteiger partial charge in [-0.15, -0.1) is 0 Å². The molecule has 0 saturated carbocycles. The molecule has 1 unspecified atom stereocenters. The number of hydrogen-bond acceptors (Lipinski definition) is 5. The zero-order chi connectivity index (χ0) is 12.1. The Kier molecular flexibility index (Phi) is 4.19. The highest BCUT2D eigenvalue weighted by molar-refractivity contribution is 5.76. The number of carboxylic acids is 1. The predicted octanol–water partition coefficient (Wildman–Crippen LogP) is 0.605. The Hall–Kier alpha value is -1.69. The van der Waals surface area contributed by atoms with Gasteiger partial charge in [0.25, 0.3) is 0 Å². The van der Waals surface area contributed by atoms with Crippen molar-refractivity contribution in [3.63, 3.8) is 0 Å². The van der Waals surface area contributed by atoms with Crippen LogP contribution in [0.1, 0.15) is 11.4 Å². The van der Waals surface area contributed by atoms with E-state index in [1.54, 1.807) is 0 Å². The molecule has 1 atom stereocenters. The van der Waals surface area contributed by atoms with Gasteiger partial charge < -0.3 is 15.2 Å². The maximum absolute atomic E-state index is 10.9. The van der Waals surface area contributed by atoms with Gasteiger partial charge in [0.2, 0.25) is 0 Å². The molecule has 0 aliphatic heterocycles. The Morgan fingerprint density at radius 2 is 2.25 bits per heavy atom. The summed E-state index contributed by atoms with van der Waals surface area (Å²) in [5.74, 6) is -0.547. The second kappa shape index (κ2) is 5.41. The molecule has 0 saturated heterocycles. The first-order chi connectivity index (χ1) is 7.54. The Labute approximate surface area is 93.7 Å². The van der Waals surface area contributed by atoms with E-state index in [2.05, 4.69) is 15.3 Å². The molecule has 0 bridgehead atoms. The first-order valence-corrected chi connectivity index (χ1v) is 4.83. The van der Waals surface area contributed by atoms with Gasteiger partial charge in [0, 0.05) is 7.11 Å². The highest BCUT2D eigenvalue weighted by Gasteiger charge is 2.17. The van der Waals surface area contributed by atoms with E-state index in [1.807, 2.05) is 13.8 Å². The number of carbonyl (C=O) groups is 1. The van der Waals surface area contributed by atoms with Crippen molar-refractivity contribution in [3.8, 4) is 0 Å². The van der Waals surface area contributed by atoms with Gasteiger partial charge in [-0.05, 0) is 13.8 Å². The van der Waals surface area contributed by atoms with Crippen LogP contribution in [0.5, 0.6) is 0 Å². The summed E-state index contributed by atoms with van der Waals surface area (Å²) in [7, 11) is 1.45. The number of ether oxygens (including phenoxy) is 1. The molecular formula is C10H15N3O3. The van der Waals surface area contributed by atoms with E-state index in [0.29, 0.717) is 5.82 Å². The van der Waals surface area contributed by atoms with Gasteiger partial charge in [-0.3, -0.25) is 4.98 Å². The third kappa shape index (κ3) is 3.16. The van der Waals surface area contributed by atoms with Crippen LogP contribution >= 0.6 is 0 Å². The molecule has 1 rings (SSSR count). The molecule has 0 aromatic carbocycles. The summed E-state index contributed by atoms with van der Waals surface area (Å²) in [5.41, 5.74) is 1.59. The maximum Gasteiger partial charge on any atom is 0.328 e. The van der Waals surface area contributed by atoms with Crippen LogP contribution < -0.4 is 5.32 Å². The van der Waals surface area contributed by atoms with Gasteiger partial charge in [-0.1, -0.05) is 0 Å². The van der Waals surface area contributed by atoms with Crippen molar-refractivity contribution in [3.05, 3.63) is 17.6 Å². The van der Waals surface area contributed by atoms with Crippen LogP contribution in [0.25, 0.3) is 0 Å². The molecule has 0 spiro atoms. The minimum Gasteiger partial charge on any atom is -0.480 e. The Balaban J connectivity index is 2.77. The minimum absolute atomic E-state index is 0.0734. The molecule has 6 heteroatoms. The number of anilines is 1. The smallest absolute Gasteiger partial charge is 0.328 e. The van der Waals surface area contributed by atoms with Crippen molar-refractivity contribution in [1.29, 1.82) is 0 Å². The highest BCUT2D eigenvalue weighted by Crippen LogP contribution is 2.07. The number of rotatable bonds is 5. The zero-order valence-corrected chi connectivity index (χ0v) is 9.52. The average molecular weight is 225 g/mol. The second-order valence-corrected chi connectivity index (χ2v) is 3.42. The van der Waals surface area contributed by atoms with Crippen LogP contribution in [0.15, 0.2) is 6.20 Å². The molecule has 0 fully saturated rings. The predicted molar refractivity (Wildman–Crippen MR) is 58.4 cm³/mol. The summed E-state index contributed by atoms with van der Waals surface area (Å²) in [6.07, 6.45) is 1.51. The second-order valence-electron chi connectivity index (χ2n) is 3.42. The van der Waals surface area contributed by atoms with Crippen molar-refractivity contribution in [2.45, 2.75) is 19.9 Å². The fraction of sp³-hybridized carbons (Fsp3) is 0.500. The normalized spacial score (nSPS) is 12.2. The first-order valence-electron chi connectivity index (χ1n) is 4.83. The molecule has 16 heavy (non-hydrogen) atoms. The lowest BCUT2D eigenvalue weighted by molar-refractivity contribution is -0.139. The molecule has 6 nitrogen and oxygen atoms in total. The molecule has 1 aromatic rings. The number of aliphatic carboxylic acids is 1. The quantitative estimate of drug-likeness (QED) is 0.763. The molecule has 1 heterocycles. The maximum atomic E-state index is 10.9. The SMILES string of the molecule is COCC(Nc1cnc(C)c(C)n1)C(=O)O. The number of nitrogens with zero attached hydrogens (tertiary/aromatic N) is 2. The van der Waals surface area contributed by atoms with Crippen molar-refractivity contribution in [2.75, 3.05) is 19.0 Å². The summed E-state index contributed by atoms with van der Waals surface area (Å²) >= 11 is 0. The monoisotopic (exact) mass is 225 g/mol. The summed E-state index contributed by atoms with van der Waals surface area (Å²) in [6, 6.07) is -0.818. The van der Waals surface area contributed by atoms with Crippen molar-refractivity contribution >= 4 is 11.8 Å². The largest absolute Gasteiger partial charge is 0.480 e. The van der Waals surface area contributed by atoms with Gasteiger partial charge in [-0.25, -0.2) is 9.78 Å². The molecule has 88 valence electrons. The van der Waals surface area contributed by atoms with Gasteiger partial charge in [-0.2, -0.15) is 0 Å². The van der Waals surface area contributed by atoms with E-state index >= 15 is 0 Å². The average Bonchev–Trinajstić information content (AvgIpc) is 2.22. The first kappa shape index (κ1) is 12.4. The number of methoxy groups -OCH3 is 1. The summed E-state index contributed by atoms with van der Waals surface area (Å²) < 4.78 is 4.80. The van der Waals surface area contributed by atoms with Crippen molar-refractivity contribution in [2.24, 2.45) is 0 Å². The summed E-state index contributed by atoms with van der Waals surface area (Å²) in [5, 5.41) is 11.6. The van der Waals surface area contributed by atoms with E-state index in [1.165, 1.54) is 13.3 Å². The molecule has 2 N–H and O–H groups in total. The standard InChI is InChI=1S/C10H15N3O3/c1-6-7(2)12-9(4-11-6)13-8(5-16-3)10(14)15/h4,8H,5H2,1-3H3,(H,12,13)(H,14,15). The molecule has 0 amide bonds. The van der Waals surface area contributed by atoms with E-state index in [9.17, 15) is 4.79 Å². The highest BCUT2D eigenvalue weighted by atomic mass is 16.5. The van der Waals surface area contributed by atoms with E-state index in [4.69, 9.17) is 9.84 Å². The van der Waals surface area contributed by atoms with Crippen LogP contribution in [0.4, 0.5) is 5.82 Å². The molecule has 0 aliphatic rings. The van der Waals surface area contributed by atoms with Crippen molar-refractivity contribution in [1.82, 2.24) is 9.97 Å². The number of aromatic nitrogens is 2. The molecule has 0 radical (unpaired) electrons. The molecular weight excluding hydrogens is 210 g/mol. The lowest BCUT2D eigenvalue weighted by Gasteiger charge is -2.14. The number of carboxylic acid groups (broad SMARTS) is 1.